The maximum atomic E-state index is 12.9. The van der Waals surface area contributed by atoms with Crippen LogP contribution >= 0.6 is 11.8 Å². The van der Waals surface area contributed by atoms with Crippen LogP contribution in [0.4, 0.5) is 0 Å². The molecule has 0 saturated heterocycles. The Hall–Kier alpha value is -2.82. The maximum absolute atomic E-state index is 12.9. The molecule has 2 unspecified atom stereocenters. The summed E-state index contributed by atoms with van der Waals surface area (Å²) in [5.74, 6) is -1.50. The van der Waals surface area contributed by atoms with Gasteiger partial charge in [0.2, 0.25) is 0 Å². The van der Waals surface area contributed by atoms with Gasteiger partial charge >= 0.3 is 5.97 Å². The first-order valence-corrected chi connectivity index (χ1v) is 12.3. The van der Waals surface area contributed by atoms with Crippen LogP contribution in [0.5, 0.6) is 11.5 Å². The first-order chi connectivity index (χ1) is 15.1. The van der Waals surface area contributed by atoms with Gasteiger partial charge in [0.15, 0.2) is 20.6 Å². The van der Waals surface area contributed by atoms with Gasteiger partial charge in [0.25, 0.3) is 0 Å². The molecular weight excluding hydrogens is 452 g/mol. The SMILES string of the molecule is CC(CC(O)(CS(=O)(=O)c1ccc(Oc2ccccc2)cc1)C(=O)O)Sc1nccn1C. The largest absolute Gasteiger partial charge is 0.479 e. The van der Waals surface area contributed by atoms with Crippen molar-refractivity contribution in [3.63, 3.8) is 0 Å². The summed E-state index contributed by atoms with van der Waals surface area (Å²) in [6.45, 7) is 1.72. The standard InChI is InChI=1S/C22H24N2O6S2/c1-16(31-21-23-12-13-24(21)2)14-22(27,20(25)26)15-32(28,29)19-10-8-18(9-11-19)30-17-6-4-3-5-7-17/h3-13,16,27H,14-15H2,1-2H3,(H,25,26). The molecule has 32 heavy (non-hydrogen) atoms. The molecule has 2 N–H and O–H groups in total. The number of carboxylic acids is 1. The van der Waals surface area contributed by atoms with Gasteiger partial charge in [-0.25, -0.2) is 18.2 Å². The van der Waals surface area contributed by atoms with E-state index in [4.69, 9.17) is 4.74 Å². The van der Waals surface area contributed by atoms with Crippen molar-refractivity contribution in [2.45, 2.75) is 34.2 Å². The summed E-state index contributed by atoms with van der Waals surface area (Å²) in [4.78, 5) is 15.9. The number of para-hydroxylation sites is 1. The van der Waals surface area contributed by atoms with Crippen molar-refractivity contribution in [1.29, 1.82) is 0 Å². The number of benzene rings is 2. The molecule has 10 heteroatoms. The van der Waals surface area contributed by atoms with Crippen molar-refractivity contribution in [3.8, 4) is 11.5 Å². The minimum absolute atomic E-state index is 0.0954. The predicted octanol–water partition coefficient (Wildman–Crippen LogP) is 3.37. The van der Waals surface area contributed by atoms with E-state index in [-0.39, 0.29) is 11.3 Å². The molecule has 0 radical (unpaired) electrons. The third-order valence-corrected chi connectivity index (χ3v) is 7.72. The van der Waals surface area contributed by atoms with E-state index in [0.717, 1.165) is 0 Å². The molecule has 3 rings (SSSR count). The minimum Gasteiger partial charge on any atom is -0.479 e. The molecule has 0 aliphatic heterocycles. The average Bonchev–Trinajstić information content (AvgIpc) is 3.13. The third-order valence-electron chi connectivity index (χ3n) is 4.70. The summed E-state index contributed by atoms with van der Waals surface area (Å²) in [5, 5.41) is 20.6. The van der Waals surface area contributed by atoms with Crippen LogP contribution < -0.4 is 4.74 Å². The van der Waals surface area contributed by atoms with E-state index in [1.165, 1.54) is 36.0 Å². The van der Waals surface area contributed by atoms with E-state index in [0.29, 0.717) is 16.7 Å². The van der Waals surface area contributed by atoms with Crippen LogP contribution in [0.1, 0.15) is 13.3 Å². The van der Waals surface area contributed by atoms with Gasteiger partial charge in [0, 0.05) is 31.1 Å². The maximum Gasteiger partial charge on any atom is 0.336 e. The summed E-state index contributed by atoms with van der Waals surface area (Å²) in [6.07, 6.45) is 3.08. The zero-order chi connectivity index (χ0) is 23.4. The van der Waals surface area contributed by atoms with E-state index in [1.807, 2.05) is 18.2 Å². The molecule has 0 aliphatic rings. The molecule has 8 nitrogen and oxygen atoms in total. The number of hydrogen-bond acceptors (Lipinski definition) is 7. The number of hydrogen-bond donors (Lipinski definition) is 2. The molecule has 1 aromatic heterocycles. The number of aryl methyl sites for hydroxylation is 1. The van der Waals surface area contributed by atoms with Crippen LogP contribution in [-0.2, 0) is 21.7 Å². The van der Waals surface area contributed by atoms with Crippen molar-refractivity contribution in [1.82, 2.24) is 9.55 Å². The lowest BCUT2D eigenvalue weighted by Crippen LogP contribution is -2.46. The van der Waals surface area contributed by atoms with E-state index in [2.05, 4.69) is 4.98 Å². The smallest absolute Gasteiger partial charge is 0.336 e. The molecule has 0 amide bonds. The highest BCUT2D eigenvalue weighted by molar-refractivity contribution is 7.99. The normalized spacial score (nSPS) is 14.5. The molecule has 2 aromatic carbocycles. The number of aliphatic carboxylic acids is 1. The number of aromatic nitrogens is 2. The molecule has 0 fully saturated rings. The van der Waals surface area contributed by atoms with Crippen LogP contribution in [0, 0.1) is 0 Å². The number of sulfone groups is 1. The van der Waals surface area contributed by atoms with Gasteiger partial charge in [-0.3, -0.25) is 0 Å². The second-order valence-corrected chi connectivity index (χ2v) is 10.8. The summed E-state index contributed by atoms with van der Waals surface area (Å²) in [6, 6.07) is 14.6. The minimum atomic E-state index is -4.08. The Morgan fingerprint density at radius 3 is 2.34 bits per heavy atom. The third kappa shape index (κ3) is 5.90. The quantitative estimate of drug-likeness (QED) is 0.428. The topological polar surface area (TPSA) is 119 Å². The van der Waals surface area contributed by atoms with Gasteiger partial charge in [0.1, 0.15) is 11.5 Å². The van der Waals surface area contributed by atoms with E-state index >= 15 is 0 Å². The Morgan fingerprint density at radius 2 is 1.78 bits per heavy atom. The van der Waals surface area contributed by atoms with Gasteiger partial charge in [-0.2, -0.15) is 0 Å². The van der Waals surface area contributed by atoms with Crippen molar-refractivity contribution in [3.05, 3.63) is 67.0 Å². The number of nitrogens with zero attached hydrogens (tertiary/aromatic N) is 2. The number of carbonyl (C=O) groups is 1. The Morgan fingerprint density at radius 1 is 1.16 bits per heavy atom. The van der Waals surface area contributed by atoms with Gasteiger partial charge in [-0.05, 0) is 36.4 Å². The van der Waals surface area contributed by atoms with Crippen molar-refractivity contribution < 1.29 is 28.2 Å². The Labute approximate surface area is 190 Å². The highest BCUT2D eigenvalue weighted by atomic mass is 32.2. The van der Waals surface area contributed by atoms with Crippen LogP contribution in [0.15, 0.2) is 77.0 Å². The summed E-state index contributed by atoms with van der Waals surface area (Å²) < 4.78 is 33.2. The fourth-order valence-electron chi connectivity index (χ4n) is 3.11. The van der Waals surface area contributed by atoms with Gasteiger partial charge in [0.05, 0.1) is 10.6 Å². The lowest BCUT2D eigenvalue weighted by atomic mass is 10.0. The second-order valence-electron chi connectivity index (χ2n) is 7.44. The molecule has 0 saturated carbocycles. The zero-order valence-electron chi connectivity index (χ0n) is 17.6. The van der Waals surface area contributed by atoms with Gasteiger partial charge in [-0.15, -0.1) is 0 Å². The first-order valence-electron chi connectivity index (χ1n) is 9.74. The number of carboxylic acid groups (broad SMARTS) is 1. The fraction of sp³-hybridized carbons (Fsp3) is 0.273. The molecule has 0 bridgehead atoms. The second kappa shape index (κ2) is 9.76. The highest BCUT2D eigenvalue weighted by Gasteiger charge is 2.42. The van der Waals surface area contributed by atoms with E-state index < -0.39 is 32.4 Å². The molecule has 0 aliphatic carbocycles. The monoisotopic (exact) mass is 476 g/mol. The van der Waals surface area contributed by atoms with Crippen LogP contribution in [0.2, 0.25) is 0 Å². The van der Waals surface area contributed by atoms with E-state index in [1.54, 1.807) is 43.1 Å². The number of ether oxygens (including phenoxy) is 1. The number of rotatable bonds is 10. The first kappa shape index (κ1) is 23.8. The van der Waals surface area contributed by atoms with Crippen molar-refractivity contribution >= 4 is 27.6 Å². The lowest BCUT2D eigenvalue weighted by Gasteiger charge is -2.26. The molecule has 2 atom stereocenters. The van der Waals surface area contributed by atoms with Crippen LogP contribution in [0.3, 0.4) is 0 Å². The van der Waals surface area contributed by atoms with Gasteiger partial charge < -0.3 is 19.5 Å². The molecule has 170 valence electrons. The van der Waals surface area contributed by atoms with Crippen LogP contribution in [-0.4, -0.2) is 50.8 Å². The summed E-state index contributed by atoms with van der Waals surface area (Å²) >= 11 is 1.26. The molecule has 3 aromatic rings. The Kier molecular flexibility index (Phi) is 7.27. The average molecular weight is 477 g/mol. The number of imidazole rings is 1. The zero-order valence-corrected chi connectivity index (χ0v) is 19.2. The molecular formula is C22H24N2O6S2. The molecule has 1 heterocycles. The molecule has 0 spiro atoms. The van der Waals surface area contributed by atoms with Gasteiger partial charge in [-0.1, -0.05) is 36.9 Å². The summed E-state index contributed by atoms with van der Waals surface area (Å²) in [7, 11) is -2.29. The predicted molar refractivity (Wildman–Crippen MR) is 121 cm³/mol. The summed E-state index contributed by atoms with van der Waals surface area (Å²) in [5.41, 5.74) is -2.45. The Balaban J connectivity index is 1.72. The number of thioether (sulfide) groups is 1. The van der Waals surface area contributed by atoms with Crippen LogP contribution in [0.25, 0.3) is 0 Å². The number of aliphatic hydroxyl groups is 1. The lowest BCUT2D eigenvalue weighted by molar-refractivity contribution is -0.156. The van der Waals surface area contributed by atoms with Crippen molar-refractivity contribution in [2.75, 3.05) is 5.75 Å². The van der Waals surface area contributed by atoms with Crippen molar-refractivity contribution in [2.24, 2.45) is 7.05 Å². The van der Waals surface area contributed by atoms with E-state index in [9.17, 15) is 23.4 Å². The highest BCUT2D eigenvalue weighted by Crippen LogP contribution is 2.30. The fourth-order valence-corrected chi connectivity index (χ4v) is 5.76. The Bertz CT molecular complexity index is 1160.